The van der Waals surface area contributed by atoms with Crippen molar-refractivity contribution in [2.24, 2.45) is 0 Å². The molecule has 0 aliphatic heterocycles. The number of nitrogens with two attached hydrogens (primary N) is 1. The first-order valence-corrected chi connectivity index (χ1v) is 5.99. The van der Waals surface area contributed by atoms with Crippen LogP contribution in [0.1, 0.15) is 17.3 Å². The maximum absolute atomic E-state index is 12.0. The SMILES string of the molecule is CC(=O)c1c(-c2ccncc2)nn(CCO)c(=O)c1N. The lowest BCUT2D eigenvalue weighted by Gasteiger charge is -2.12. The molecule has 7 nitrogen and oxygen atoms in total. The van der Waals surface area contributed by atoms with Crippen LogP contribution in [0.4, 0.5) is 5.69 Å². The van der Waals surface area contributed by atoms with Crippen molar-refractivity contribution < 1.29 is 9.90 Å². The smallest absolute Gasteiger partial charge is 0.290 e. The molecule has 7 heteroatoms. The van der Waals surface area contributed by atoms with Crippen LogP contribution in [0, 0.1) is 0 Å². The van der Waals surface area contributed by atoms with Gasteiger partial charge in [-0.1, -0.05) is 0 Å². The molecule has 0 radical (unpaired) electrons. The fraction of sp³-hybridized carbons (Fsp3) is 0.231. The molecule has 0 amide bonds. The fourth-order valence-corrected chi connectivity index (χ4v) is 1.90. The third-order valence-corrected chi connectivity index (χ3v) is 2.81. The molecule has 0 unspecified atom stereocenters. The molecule has 2 aromatic heterocycles. The molecule has 0 atom stereocenters. The van der Waals surface area contributed by atoms with Crippen molar-refractivity contribution in [1.29, 1.82) is 0 Å². The van der Waals surface area contributed by atoms with E-state index >= 15 is 0 Å². The van der Waals surface area contributed by atoms with E-state index in [1.165, 1.54) is 6.92 Å². The number of ketones is 1. The topological polar surface area (TPSA) is 111 Å². The fourth-order valence-electron chi connectivity index (χ4n) is 1.90. The molecular formula is C13H14N4O3. The van der Waals surface area contributed by atoms with Crippen LogP contribution in [-0.2, 0) is 6.54 Å². The molecule has 0 aliphatic rings. The van der Waals surface area contributed by atoms with Crippen molar-refractivity contribution in [2.75, 3.05) is 12.3 Å². The number of nitrogens with zero attached hydrogens (tertiary/aromatic N) is 3. The number of nitrogen functional groups attached to an aromatic ring is 1. The van der Waals surface area contributed by atoms with Crippen molar-refractivity contribution in [1.82, 2.24) is 14.8 Å². The molecule has 20 heavy (non-hydrogen) atoms. The zero-order chi connectivity index (χ0) is 14.7. The Balaban J connectivity index is 2.77. The van der Waals surface area contributed by atoms with Gasteiger partial charge in [0.25, 0.3) is 5.56 Å². The summed E-state index contributed by atoms with van der Waals surface area (Å²) in [6.45, 7) is 1.09. The van der Waals surface area contributed by atoms with Crippen molar-refractivity contribution in [3.8, 4) is 11.3 Å². The minimum absolute atomic E-state index is 0.0132. The molecule has 104 valence electrons. The van der Waals surface area contributed by atoms with Crippen LogP contribution in [0.3, 0.4) is 0 Å². The van der Waals surface area contributed by atoms with E-state index in [1.54, 1.807) is 24.5 Å². The van der Waals surface area contributed by atoms with Crippen LogP contribution >= 0.6 is 0 Å². The Kier molecular flexibility index (Phi) is 3.90. The van der Waals surface area contributed by atoms with Crippen molar-refractivity contribution in [3.05, 3.63) is 40.4 Å². The number of aliphatic hydroxyl groups excluding tert-OH is 1. The Bertz CT molecular complexity index is 695. The van der Waals surface area contributed by atoms with Gasteiger partial charge in [0.1, 0.15) is 11.4 Å². The van der Waals surface area contributed by atoms with Crippen LogP contribution in [0.25, 0.3) is 11.3 Å². The minimum Gasteiger partial charge on any atom is -0.394 e. The van der Waals surface area contributed by atoms with Crippen molar-refractivity contribution in [2.45, 2.75) is 13.5 Å². The van der Waals surface area contributed by atoms with Crippen LogP contribution < -0.4 is 11.3 Å². The van der Waals surface area contributed by atoms with E-state index in [-0.39, 0.29) is 30.2 Å². The maximum Gasteiger partial charge on any atom is 0.290 e. The highest BCUT2D eigenvalue weighted by atomic mass is 16.3. The molecule has 0 aromatic carbocycles. The van der Waals surface area contributed by atoms with Crippen LogP contribution in [0.5, 0.6) is 0 Å². The number of pyridine rings is 1. The largest absolute Gasteiger partial charge is 0.394 e. The molecule has 3 N–H and O–H groups in total. The highest BCUT2D eigenvalue weighted by Crippen LogP contribution is 2.23. The lowest BCUT2D eigenvalue weighted by atomic mass is 10.0. The van der Waals surface area contributed by atoms with Crippen LogP contribution in [0.2, 0.25) is 0 Å². The lowest BCUT2D eigenvalue weighted by molar-refractivity contribution is 0.101. The van der Waals surface area contributed by atoms with Crippen LogP contribution in [0.15, 0.2) is 29.3 Å². The number of aliphatic hydroxyl groups is 1. The quantitative estimate of drug-likeness (QED) is 0.764. The molecule has 0 spiro atoms. The number of rotatable bonds is 4. The average molecular weight is 274 g/mol. The minimum atomic E-state index is -0.581. The predicted molar refractivity (Wildman–Crippen MR) is 73.2 cm³/mol. The molecule has 0 saturated heterocycles. The summed E-state index contributed by atoms with van der Waals surface area (Å²) < 4.78 is 1.05. The summed E-state index contributed by atoms with van der Waals surface area (Å²) in [5.41, 5.74) is 6.05. The van der Waals surface area contributed by atoms with E-state index in [1.807, 2.05) is 0 Å². The van der Waals surface area contributed by atoms with E-state index in [0.717, 1.165) is 4.68 Å². The highest BCUT2D eigenvalue weighted by Gasteiger charge is 2.19. The second-order valence-corrected chi connectivity index (χ2v) is 4.18. The first-order chi connectivity index (χ1) is 9.56. The Labute approximate surface area is 114 Å². The van der Waals surface area contributed by atoms with Crippen LogP contribution in [-0.4, -0.2) is 32.3 Å². The molecule has 0 saturated carbocycles. The first kappa shape index (κ1) is 13.9. The number of Topliss-reactive ketones (excluding diaryl/α,β-unsaturated/α-hetero) is 1. The second kappa shape index (κ2) is 5.62. The molecule has 0 bridgehead atoms. The Morgan fingerprint density at radius 3 is 2.60 bits per heavy atom. The third kappa shape index (κ3) is 2.43. The first-order valence-electron chi connectivity index (χ1n) is 5.99. The van der Waals surface area contributed by atoms with Gasteiger partial charge < -0.3 is 10.8 Å². The van der Waals surface area contributed by atoms with Gasteiger partial charge in [-0.25, -0.2) is 4.68 Å². The van der Waals surface area contributed by atoms with E-state index in [9.17, 15) is 9.59 Å². The molecule has 2 rings (SSSR count). The monoisotopic (exact) mass is 274 g/mol. The normalized spacial score (nSPS) is 10.5. The molecule has 2 aromatic rings. The summed E-state index contributed by atoms with van der Waals surface area (Å²) in [6.07, 6.45) is 3.11. The lowest BCUT2D eigenvalue weighted by Crippen LogP contribution is -2.30. The number of hydrogen-bond acceptors (Lipinski definition) is 6. The molecular weight excluding hydrogens is 260 g/mol. The van der Waals surface area contributed by atoms with Gasteiger partial charge in [0.15, 0.2) is 5.78 Å². The summed E-state index contributed by atoms with van der Waals surface area (Å²) in [7, 11) is 0. The summed E-state index contributed by atoms with van der Waals surface area (Å²) in [5, 5.41) is 13.1. The van der Waals surface area contributed by atoms with E-state index < -0.39 is 5.56 Å². The Hall–Kier alpha value is -2.54. The predicted octanol–water partition coefficient (Wildman–Crippen LogP) is 0.0824. The molecule has 0 fully saturated rings. The summed E-state index contributed by atoms with van der Waals surface area (Å²) >= 11 is 0. The zero-order valence-electron chi connectivity index (χ0n) is 10.9. The van der Waals surface area contributed by atoms with Gasteiger partial charge in [-0.15, -0.1) is 0 Å². The van der Waals surface area contributed by atoms with E-state index in [4.69, 9.17) is 10.8 Å². The summed E-state index contributed by atoms with van der Waals surface area (Å²) in [5.74, 6) is -0.338. The summed E-state index contributed by atoms with van der Waals surface area (Å²) in [4.78, 5) is 27.6. The second-order valence-electron chi connectivity index (χ2n) is 4.18. The van der Waals surface area contributed by atoms with Gasteiger partial charge in [-0.3, -0.25) is 14.6 Å². The van der Waals surface area contributed by atoms with Crippen molar-refractivity contribution >= 4 is 11.5 Å². The van der Waals surface area contributed by atoms with Gasteiger partial charge >= 0.3 is 0 Å². The van der Waals surface area contributed by atoms with Gasteiger partial charge in [0.05, 0.1) is 18.7 Å². The third-order valence-electron chi connectivity index (χ3n) is 2.81. The molecule has 0 aliphatic carbocycles. The van der Waals surface area contributed by atoms with Gasteiger partial charge in [-0.05, 0) is 19.1 Å². The number of carbonyl (C=O) groups excluding carboxylic acids is 1. The number of anilines is 1. The number of aromatic nitrogens is 3. The van der Waals surface area contributed by atoms with Crippen molar-refractivity contribution in [3.63, 3.8) is 0 Å². The van der Waals surface area contributed by atoms with E-state index in [0.29, 0.717) is 11.3 Å². The highest BCUT2D eigenvalue weighted by molar-refractivity contribution is 6.04. The van der Waals surface area contributed by atoms with Gasteiger partial charge in [-0.2, -0.15) is 5.10 Å². The van der Waals surface area contributed by atoms with Gasteiger partial charge in [0, 0.05) is 18.0 Å². The number of hydrogen-bond donors (Lipinski definition) is 2. The zero-order valence-corrected chi connectivity index (χ0v) is 10.9. The standard InChI is InChI=1S/C13H14N4O3/c1-8(19)10-11(14)13(20)17(6-7-18)16-12(10)9-2-4-15-5-3-9/h2-5,18H,6-7,14H2,1H3. The molecule has 2 heterocycles. The van der Waals surface area contributed by atoms with E-state index in [2.05, 4.69) is 10.1 Å². The Morgan fingerprint density at radius 2 is 2.05 bits per heavy atom. The van der Waals surface area contributed by atoms with Gasteiger partial charge in [0.2, 0.25) is 0 Å². The summed E-state index contributed by atoms with van der Waals surface area (Å²) in [6, 6.07) is 3.34. The number of carbonyl (C=O) groups is 1. The average Bonchev–Trinajstić information content (AvgIpc) is 2.44. The maximum atomic E-state index is 12.0. The Morgan fingerprint density at radius 1 is 1.40 bits per heavy atom.